The molecule has 3 unspecified atom stereocenters. The van der Waals surface area contributed by atoms with E-state index in [1.807, 2.05) is 6.92 Å². The highest BCUT2D eigenvalue weighted by Gasteiger charge is 2.13. The molecule has 7 heteroatoms. The van der Waals surface area contributed by atoms with Crippen LogP contribution < -0.4 is 10.6 Å². The molecule has 0 aromatic heterocycles. The van der Waals surface area contributed by atoms with Gasteiger partial charge in [-0.2, -0.15) is 0 Å². The predicted octanol–water partition coefficient (Wildman–Crippen LogP) is 0.553. The Morgan fingerprint density at radius 2 is 1.83 bits per heavy atom. The minimum atomic E-state index is -0.969. The van der Waals surface area contributed by atoms with Crippen molar-refractivity contribution in [2.75, 3.05) is 19.3 Å². The van der Waals surface area contributed by atoms with Crippen molar-refractivity contribution < 1.29 is 18.9 Å². The van der Waals surface area contributed by atoms with Crippen molar-refractivity contribution >= 4 is 22.8 Å². The van der Waals surface area contributed by atoms with Gasteiger partial charge in [-0.05, 0) is 12.8 Å². The number of carboxylic acid groups (broad SMARTS) is 1. The lowest BCUT2D eigenvalue weighted by Crippen LogP contribution is -2.41. The number of hydrogen-bond donors (Lipinski definition) is 3. The molecule has 0 aliphatic carbocycles. The van der Waals surface area contributed by atoms with Crippen LogP contribution in [0.5, 0.6) is 0 Å². The molecule has 0 saturated carbocycles. The van der Waals surface area contributed by atoms with Crippen LogP contribution in [0.4, 0.5) is 4.79 Å². The van der Waals surface area contributed by atoms with Crippen molar-refractivity contribution in [1.82, 2.24) is 10.6 Å². The Morgan fingerprint density at radius 1 is 1.28 bits per heavy atom. The summed E-state index contributed by atoms with van der Waals surface area (Å²) in [5.41, 5.74) is 0. The molecule has 0 fully saturated rings. The molecule has 0 saturated heterocycles. The predicted molar refractivity (Wildman–Crippen MR) is 71.0 cm³/mol. The van der Waals surface area contributed by atoms with Gasteiger partial charge in [0.15, 0.2) is 0 Å². The Balaban J connectivity index is 3.87. The van der Waals surface area contributed by atoms with E-state index in [-0.39, 0.29) is 23.6 Å². The Morgan fingerprint density at radius 3 is 2.28 bits per heavy atom. The van der Waals surface area contributed by atoms with Crippen LogP contribution in [0.15, 0.2) is 0 Å². The van der Waals surface area contributed by atoms with Crippen molar-refractivity contribution in [3.63, 3.8) is 0 Å². The molecular weight excluding hydrogens is 256 g/mol. The molecule has 0 bridgehead atoms. The minimum Gasteiger partial charge on any atom is -0.481 e. The Hall–Kier alpha value is -1.11. The van der Waals surface area contributed by atoms with Gasteiger partial charge in [-0.15, -0.1) is 0 Å². The van der Waals surface area contributed by atoms with Gasteiger partial charge < -0.3 is 15.7 Å². The molecular formula is C11H22N2O4S. The standard InChI is InChI=1S/C11H22N2O4S/c1-4-9(5-10(14)15)7-13-11(16)12-6-8(2)18(3)17/h8-9H,4-7H2,1-3H3,(H,14,15)(H2,12,13,16). The van der Waals surface area contributed by atoms with Gasteiger partial charge in [0.25, 0.3) is 0 Å². The maximum Gasteiger partial charge on any atom is 0.314 e. The first-order valence-electron chi connectivity index (χ1n) is 5.92. The third kappa shape index (κ3) is 8.05. The largest absolute Gasteiger partial charge is 0.481 e. The third-order valence-electron chi connectivity index (χ3n) is 2.71. The van der Waals surface area contributed by atoms with Gasteiger partial charge in [0.2, 0.25) is 0 Å². The highest BCUT2D eigenvalue weighted by molar-refractivity contribution is 7.84. The average molecular weight is 278 g/mol. The highest BCUT2D eigenvalue weighted by atomic mass is 32.2. The summed E-state index contributed by atoms with van der Waals surface area (Å²) in [4.78, 5) is 21.9. The molecule has 0 aliphatic rings. The number of rotatable bonds is 8. The fourth-order valence-electron chi connectivity index (χ4n) is 1.26. The number of carboxylic acids is 1. The molecule has 0 aromatic carbocycles. The average Bonchev–Trinajstić information content (AvgIpc) is 2.30. The van der Waals surface area contributed by atoms with Gasteiger partial charge in [0, 0.05) is 41.8 Å². The monoisotopic (exact) mass is 278 g/mol. The number of amides is 2. The van der Waals surface area contributed by atoms with E-state index >= 15 is 0 Å². The lowest BCUT2D eigenvalue weighted by Gasteiger charge is -2.15. The van der Waals surface area contributed by atoms with Crippen LogP contribution in [0, 0.1) is 5.92 Å². The van der Waals surface area contributed by atoms with Gasteiger partial charge in [-0.25, -0.2) is 4.79 Å². The molecule has 18 heavy (non-hydrogen) atoms. The second-order valence-electron chi connectivity index (χ2n) is 4.27. The lowest BCUT2D eigenvalue weighted by atomic mass is 10.0. The summed E-state index contributed by atoms with van der Waals surface area (Å²) in [6, 6.07) is -0.351. The van der Waals surface area contributed by atoms with E-state index in [0.29, 0.717) is 19.5 Å². The fraction of sp³-hybridized carbons (Fsp3) is 0.818. The Bertz CT molecular complexity index is 309. The number of carbonyl (C=O) groups excluding carboxylic acids is 1. The van der Waals surface area contributed by atoms with Crippen LogP contribution >= 0.6 is 0 Å². The molecule has 106 valence electrons. The zero-order chi connectivity index (χ0) is 14.1. The van der Waals surface area contributed by atoms with E-state index in [1.54, 1.807) is 13.2 Å². The highest BCUT2D eigenvalue weighted by Crippen LogP contribution is 2.06. The van der Waals surface area contributed by atoms with Crippen molar-refractivity contribution in [2.45, 2.75) is 31.9 Å². The second-order valence-corrected chi connectivity index (χ2v) is 6.07. The second kappa shape index (κ2) is 8.91. The molecule has 0 aliphatic heterocycles. The molecule has 0 rings (SSSR count). The topological polar surface area (TPSA) is 95.5 Å². The first kappa shape index (κ1) is 16.9. The van der Waals surface area contributed by atoms with Gasteiger partial charge in [0.1, 0.15) is 0 Å². The first-order chi connectivity index (χ1) is 8.36. The zero-order valence-corrected chi connectivity index (χ0v) is 11.9. The summed E-state index contributed by atoms with van der Waals surface area (Å²) in [5.74, 6) is -0.926. The Kier molecular flexibility index (Phi) is 8.36. The molecule has 6 nitrogen and oxygen atoms in total. The number of urea groups is 1. The fourth-order valence-corrected chi connectivity index (χ4v) is 1.58. The van der Waals surface area contributed by atoms with Crippen LogP contribution in [0.3, 0.4) is 0 Å². The van der Waals surface area contributed by atoms with Crippen molar-refractivity contribution in [2.24, 2.45) is 5.92 Å². The van der Waals surface area contributed by atoms with E-state index in [1.165, 1.54) is 0 Å². The molecule has 3 N–H and O–H groups in total. The first-order valence-corrected chi connectivity index (χ1v) is 7.54. The third-order valence-corrected chi connectivity index (χ3v) is 4.01. The van der Waals surface area contributed by atoms with Crippen molar-refractivity contribution in [3.05, 3.63) is 0 Å². The number of nitrogens with one attached hydrogen (secondary N) is 2. The summed E-state index contributed by atoms with van der Waals surface area (Å²) in [5, 5.41) is 13.8. The van der Waals surface area contributed by atoms with Crippen molar-refractivity contribution in [1.29, 1.82) is 0 Å². The summed E-state index contributed by atoms with van der Waals surface area (Å²) < 4.78 is 11.1. The van der Waals surface area contributed by atoms with E-state index in [4.69, 9.17) is 5.11 Å². The number of aliphatic carboxylic acids is 1. The van der Waals surface area contributed by atoms with Gasteiger partial charge >= 0.3 is 12.0 Å². The summed E-state index contributed by atoms with van der Waals surface area (Å²) in [6.45, 7) is 4.34. The minimum absolute atomic E-state index is 0.0478. The van der Waals surface area contributed by atoms with E-state index in [2.05, 4.69) is 10.6 Å². The SMILES string of the molecule is CCC(CNC(=O)NCC(C)S(C)=O)CC(=O)O. The maximum atomic E-state index is 11.4. The van der Waals surface area contributed by atoms with Crippen LogP contribution in [0.1, 0.15) is 26.7 Å². The molecule has 2 amide bonds. The number of carbonyl (C=O) groups is 2. The number of hydrogen-bond acceptors (Lipinski definition) is 3. The summed E-state index contributed by atoms with van der Waals surface area (Å²) in [6.07, 6.45) is 2.33. The molecule has 0 spiro atoms. The molecule has 0 heterocycles. The summed E-state index contributed by atoms with van der Waals surface area (Å²) in [7, 11) is -0.969. The van der Waals surface area contributed by atoms with E-state index < -0.39 is 16.8 Å². The summed E-state index contributed by atoms with van der Waals surface area (Å²) >= 11 is 0. The lowest BCUT2D eigenvalue weighted by molar-refractivity contribution is -0.138. The van der Waals surface area contributed by atoms with Crippen LogP contribution in [-0.2, 0) is 15.6 Å². The van der Waals surface area contributed by atoms with E-state index in [0.717, 1.165) is 0 Å². The molecule has 0 radical (unpaired) electrons. The zero-order valence-electron chi connectivity index (χ0n) is 11.1. The molecule has 3 atom stereocenters. The van der Waals surface area contributed by atoms with Crippen LogP contribution in [-0.4, -0.2) is 45.9 Å². The van der Waals surface area contributed by atoms with Crippen LogP contribution in [0.25, 0.3) is 0 Å². The quantitative estimate of drug-likeness (QED) is 0.604. The normalized spacial score (nSPS) is 15.5. The van der Waals surface area contributed by atoms with Crippen molar-refractivity contribution in [3.8, 4) is 0 Å². The molecule has 0 aromatic rings. The van der Waals surface area contributed by atoms with E-state index in [9.17, 15) is 13.8 Å². The van der Waals surface area contributed by atoms with Crippen LogP contribution in [0.2, 0.25) is 0 Å². The van der Waals surface area contributed by atoms with Gasteiger partial charge in [-0.1, -0.05) is 13.3 Å². The van der Waals surface area contributed by atoms with Gasteiger partial charge in [-0.3, -0.25) is 9.00 Å². The Labute approximate surface area is 110 Å². The van der Waals surface area contributed by atoms with Gasteiger partial charge in [0.05, 0.1) is 0 Å². The smallest absolute Gasteiger partial charge is 0.314 e. The maximum absolute atomic E-state index is 11.4.